The minimum Gasteiger partial charge on any atom is -1.00 e. The molecule has 0 fully saturated rings. The van der Waals surface area contributed by atoms with Crippen LogP contribution in [0.15, 0.2) is 38.5 Å². The molecule has 0 spiro atoms. The van der Waals surface area contributed by atoms with E-state index in [4.69, 9.17) is 27.6 Å². The molecule has 3 rings (SSSR count). The summed E-state index contributed by atoms with van der Waals surface area (Å²) in [6.45, 7) is 0. The Labute approximate surface area is 199 Å². The molecule has 0 atom stereocenters. The largest absolute Gasteiger partial charge is 1.00 e. The summed E-state index contributed by atoms with van der Waals surface area (Å²) in [7, 11) is -9.37. The predicted molar refractivity (Wildman–Crippen MR) is 85.6 cm³/mol. The maximum atomic E-state index is 11.6. The maximum Gasteiger partial charge on any atom is 1.00 e. The van der Waals surface area contributed by atoms with Gasteiger partial charge in [0.15, 0.2) is 0 Å². The van der Waals surface area contributed by atoms with Gasteiger partial charge < -0.3 is 7.27 Å². The van der Waals surface area contributed by atoms with Gasteiger partial charge in [0.1, 0.15) is 21.0 Å². The van der Waals surface area contributed by atoms with E-state index in [9.17, 15) is 25.9 Å². The van der Waals surface area contributed by atoms with Gasteiger partial charge in [0, 0.05) is 11.5 Å². The number of hydrogen-bond acceptors (Lipinski definition) is 5. The zero-order valence-electron chi connectivity index (χ0n) is 14.8. The summed E-state index contributed by atoms with van der Waals surface area (Å²) in [6, 6.07) is 4.62. The summed E-state index contributed by atoms with van der Waals surface area (Å²) < 4.78 is 69.9. The molecule has 7 nitrogen and oxygen atoms in total. The molecule has 0 bridgehead atoms. The van der Waals surface area contributed by atoms with Crippen LogP contribution in [0, 0.1) is 0 Å². The average molecular weight is 445 g/mol. The first-order valence-corrected chi connectivity index (χ1v) is 9.43. The first-order valence-electron chi connectivity index (χ1n) is 5.79. The second-order valence-electron chi connectivity index (χ2n) is 4.58. The van der Waals surface area contributed by atoms with Gasteiger partial charge in [0.05, 0.1) is 15.4 Å². The quantitative estimate of drug-likeness (QED) is 0.334. The molecular formula is C12H8Cl2Na2O7S2. The predicted octanol–water partition coefficient (Wildman–Crippen LogP) is -2.38. The van der Waals surface area contributed by atoms with Crippen LogP contribution in [-0.4, -0.2) is 25.9 Å². The number of furan rings is 1. The summed E-state index contributed by atoms with van der Waals surface area (Å²) in [4.78, 5) is -1.25. The Morgan fingerprint density at radius 2 is 1.48 bits per heavy atom. The van der Waals surface area contributed by atoms with Crippen molar-refractivity contribution in [2.45, 2.75) is 9.79 Å². The summed E-state index contributed by atoms with van der Waals surface area (Å²) in [5, 5.41) is -0.687. The van der Waals surface area contributed by atoms with Crippen molar-refractivity contribution in [1.82, 2.24) is 0 Å². The zero-order valence-corrected chi connectivity index (χ0v) is 20.0. The van der Waals surface area contributed by atoms with Gasteiger partial charge in [-0.15, -0.1) is 0 Å². The molecule has 2 aromatic carbocycles. The van der Waals surface area contributed by atoms with Crippen LogP contribution in [0.2, 0.25) is 10.0 Å². The summed E-state index contributed by atoms with van der Waals surface area (Å²) in [5.74, 6) is 0. The molecular weight excluding hydrogens is 437 g/mol. The monoisotopic (exact) mass is 444 g/mol. The average Bonchev–Trinajstić information content (AvgIpc) is 2.72. The molecule has 126 valence electrons. The van der Waals surface area contributed by atoms with E-state index in [1.807, 2.05) is 0 Å². The zero-order chi connectivity index (χ0) is 17.2. The standard InChI is InChI=1S/C12H6Cl2O7S2.2Na.2H/c13-6-1-2-8-11(12(6)23(18,19)20)5-3-10(22(15,16)17)7(14)4-9(5)21-8;;;;/h1-4H,(H,15,16,17)(H,18,19,20);;;;/q;2*+1;2*-1. The normalized spacial score (nSPS) is 12.0. The molecule has 0 aliphatic heterocycles. The molecule has 0 saturated heterocycles. The van der Waals surface area contributed by atoms with Gasteiger partial charge >= 0.3 is 59.1 Å². The molecule has 13 heteroatoms. The Kier molecular flexibility index (Phi) is 7.52. The fraction of sp³-hybridized carbons (Fsp3) is 0. The maximum absolute atomic E-state index is 11.6. The summed E-state index contributed by atoms with van der Waals surface area (Å²) in [6.07, 6.45) is 0. The summed E-state index contributed by atoms with van der Waals surface area (Å²) >= 11 is 11.6. The van der Waals surface area contributed by atoms with Gasteiger partial charge in [-0.2, -0.15) is 16.8 Å². The van der Waals surface area contributed by atoms with E-state index in [1.165, 1.54) is 12.1 Å². The van der Waals surface area contributed by atoms with Gasteiger partial charge in [-0.25, -0.2) is 0 Å². The number of fused-ring (bicyclic) bond motifs is 3. The fourth-order valence-electron chi connectivity index (χ4n) is 2.26. The van der Waals surface area contributed by atoms with Crippen molar-refractivity contribution in [3.8, 4) is 0 Å². The Bertz CT molecular complexity index is 1200. The van der Waals surface area contributed by atoms with Gasteiger partial charge in [-0.1, -0.05) is 23.2 Å². The molecule has 0 amide bonds. The van der Waals surface area contributed by atoms with Crippen LogP contribution in [0.25, 0.3) is 21.9 Å². The van der Waals surface area contributed by atoms with Gasteiger partial charge in [-0.05, 0) is 18.2 Å². The van der Waals surface area contributed by atoms with E-state index in [0.717, 1.165) is 12.1 Å². The van der Waals surface area contributed by atoms with Crippen molar-refractivity contribution in [2.24, 2.45) is 0 Å². The van der Waals surface area contributed by atoms with Gasteiger partial charge in [0.25, 0.3) is 20.2 Å². The third-order valence-electron chi connectivity index (χ3n) is 3.13. The van der Waals surface area contributed by atoms with Crippen molar-refractivity contribution in [1.29, 1.82) is 0 Å². The third kappa shape index (κ3) is 4.39. The van der Waals surface area contributed by atoms with Crippen LogP contribution >= 0.6 is 23.2 Å². The van der Waals surface area contributed by atoms with E-state index < -0.39 is 30.0 Å². The van der Waals surface area contributed by atoms with Crippen LogP contribution < -0.4 is 59.1 Å². The molecule has 2 N–H and O–H groups in total. The van der Waals surface area contributed by atoms with Crippen molar-refractivity contribution in [2.75, 3.05) is 0 Å². The first-order chi connectivity index (χ1) is 10.5. The Morgan fingerprint density at radius 3 is 2.00 bits per heavy atom. The Balaban J connectivity index is 0. The van der Waals surface area contributed by atoms with Crippen LogP contribution in [-0.2, 0) is 20.2 Å². The number of rotatable bonds is 2. The van der Waals surface area contributed by atoms with Crippen molar-refractivity contribution < 1.29 is 92.3 Å². The second-order valence-corrected chi connectivity index (χ2v) is 8.14. The molecule has 0 radical (unpaired) electrons. The van der Waals surface area contributed by atoms with E-state index in [0.29, 0.717) is 0 Å². The third-order valence-corrected chi connectivity index (χ3v) is 5.82. The van der Waals surface area contributed by atoms with Crippen molar-refractivity contribution >= 4 is 65.4 Å². The van der Waals surface area contributed by atoms with Crippen molar-refractivity contribution in [3.05, 3.63) is 34.3 Å². The van der Waals surface area contributed by atoms with E-state index in [2.05, 4.69) is 0 Å². The van der Waals surface area contributed by atoms with E-state index in [-0.39, 0.29) is 94.0 Å². The van der Waals surface area contributed by atoms with Crippen molar-refractivity contribution in [3.63, 3.8) is 0 Å². The Morgan fingerprint density at radius 1 is 0.880 bits per heavy atom. The number of hydrogen-bond donors (Lipinski definition) is 2. The molecule has 25 heavy (non-hydrogen) atoms. The van der Waals surface area contributed by atoms with Crippen LogP contribution in [0.3, 0.4) is 0 Å². The molecule has 1 heterocycles. The minimum atomic E-state index is -4.72. The minimum absolute atomic E-state index is 0. The van der Waals surface area contributed by atoms with Crippen LogP contribution in [0.4, 0.5) is 0 Å². The topological polar surface area (TPSA) is 122 Å². The fourth-order valence-corrected chi connectivity index (χ4v) is 4.51. The van der Waals surface area contributed by atoms with Crippen LogP contribution in [0.5, 0.6) is 0 Å². The smallest absolute Gasteiger partial charge is 1.00 e. The molecule has 0 aliphatic rings. The molecule has 3 aromatic rings. The molecule has 0 saturated carbocycles. The molecule has 1 aromatic heterocycles. The molecule has 0 unspecified atom stereocenters. The first kappa shape index (κ1) is 23.7. The van der Waals surface area contributed by atoms with E-state index >= 15 is 0 Å². The van der Waals surface area contributed by atoms with Gasteiger partial charge in [-0.3, -0.25) is 9.11 Å². The molecule has 0 aliphatic carbocycles. The SMILES string of the molecule is O=S(=O)(O)c1cc2c(cc1Cl)oc1ccc(Cl)c(S(=O)(=O)O)c12.[H-].[H-].[Na+].[Na+]. The number of halogens is 2. The van der Waals surface area contributed by atoms with Crippen LogP contribution in [0.1, 0.15) is 2.85 Å². The van der Waals surface area contributed by atoms with Gasteiger partial charge in [0.2, 0.25) is 0 Å². The number of benzene rings is 2. The van der Waals surface area contributed by atoms with E-state index in [1.54, 1.807) is 0 Å². The summed E-state index contributed by atoms with van der Waals surface area (Å²) in [5.41, 5.74) is 0.102. The Hall–Kier alpha value is 0.640. The second kappa shape index (κ2) is 7.94.